The Morgan fingerprint density at radius 1 is 1.04 bits per heavy atom. The molecule has 1 aromatic heterocycles. The number of nitrogens with zero attached hydrogens (tertiary/aromatic N) is 2. The fourth-order valence-electron chi connectivity index (χ4n) is 2.00. The molecular formula is C15H10F6N2O. The first-order chi connectivity index (χ1) is 11.0. The van der Waals surface area contributed by atoms with Crippen molar-refractivity contribution in [2.45, 2.75) is 19.3 Å². The smallest absolute Gasteiger partial charge is 0.294 e. The van der Waals surface area contributed by atoms with Gasteiger partial charge < -0.3 is 0 Å². The van der Waals surface area contributed by atoms with Gasteiger partial charge in [0.1, 0.15) is 5.69 Å². The van der Waals surface area contributed by atoms with Crippen LogP contribution in [0.15, 0.2) is 41.6 Å². The van der Waals surface area contributed by atoms with Gasteiger partial charge in [0.15, 0.2) is 11.6 Å². The van der Waals surface area contributed by atoms with E-state index in [0.717, 1.165) is 37.4 Å². The maximum Gasteiger partial charge on any atom is 0.433 e. The summed E-state index contributed by atoms with van der Waals surface area (Å²) < 4.78 is 76.2. The van der Waals surface area contributed by atoms with Crippen LogP contribution in [0.1, 0.15) is 18.4 Å². The Hall–Kier alpha value is -2.45. The number of carbonyl (C=O) groups is 1. The molecule has 24 heavy (non-hydrogen) atoms. The van der Waals surface area contributed by atoms with Gasteiger partial charge in [0.05, 0.1) is 0 Å². The van der Waals surface area contributed by atoms with Gasteiger partial charge in [-0.2, -0.15) is 26.3 Å². The van der Waals surface area contributed by atoms with Crippen LogP contribution in [0.5, 0.6) is 0 Å². The molecule has 0 fully saturated rings. The van der Waals surface area contributed by atoms with Crippen molar-refractivity contribution in [3.63, 3.8) is 0 Å². The van der Waals surface area contributed by atoms with E-state index in [0.29, 0.717) is 6.07 Å². The van der Waals surface area contributed by atoms with Gasteiger partial charge in [-0.1, -0.05) is 13.0 Å². The molecule has 0 saturated carbocycles. The zero-order valence-electron chi connectivity index (χ0n) is 12.1. The Labute approximate surface area is 132 Å². The number of carbonyl (C=O) groups excluding carboxylic acids is 1. The second kappa shape index (κ2) is 6.21. The van der Waals surface area contributed by atoms with E-state index in [4.69, 9.17) is 0 Å². The van der Waals surface area contributed by atoms with Crippen LogP contribution in [0.25, 0.3) is 6.08 Å². The molecule has 0 N–H and O–H groups in total. The molecule has 0 saturated heterocycles. The topological polar surface area (TPSA) is 42.9 Å². The molecule has 1 aliphatic rings. The molecule has 9 heteroatoms. The van der Waals surface area contributed by atoms with Crippen molar-refractivity contribution < 1.29 is 31.1 Å². The maximum absolute atomic E-state index is 12.9. The summed E-state index contributed by atoms with van der Waals surface area (Å²) >= 11 is 0. The van der Waals surface area contributed by atoms with Crippen LogP contribution >= 0.6 is 0 Å². The third-order valence-electron chi connectivity index (χ3n) is 3.24. The molecule has 1 atom stereocenters. The van der Waals surface area contributed by atoms with Crippen molar-refractivity contribution in [3.05, 3.63) is 53.2 Å². The minimum absolute atomic E-state index is 0.0913. The number of allylic oxidation sites excluding steroid dienone is 5. The van der Waals surface area contributed by atoms with Gasteiger partial charge in [0, 0.05) is 17.7 Å². The number of alkyl halides is 6. The molecule has 0 aromatic carbocycles. The molecule has 1 heterocycles. The highest BCUT2D eigenvalue weighted by Crippen LogP contribution is 2.35. The van der Waals surface area contributed by atoms with E-state index in [-0.39, 0.29) is 11.4 Å². The summed E-state index contributed by atoms with van der Waals surface area (Å²) in [6.45, 7) is 1.13. The highest BCUT2D eigenvalue weighted by molar-refractivity contribution is 5.97. The fourth-order valence-corrected chi connectivity index (χ4v) is 2.00. The monoisotopic (exact) mass is 348 g/mol. The SMILES string of the molecule is CC1C(=O)C=C(/C=C/c2nccc(C(F)(F)F)n2)C=C1C(F)(F)F. The Morgan fingerprint density at radius 2 is 1.71 bits per heavy atom. The third-order valence-corrected chi connectivity index (χ3v) is 3.24. The Morgan fingerprint density at radius 3 is 2.29 bits per heavy atom. The third kappa shape index (κ3) is 4.09. The van der Waals surface area contributed by atoms with Gasteiger partial charge in [-0.3, -0.25) is 4.79 Å². The van der Waals surface area contributed by atoms with E-state index in [1.54, 1.807) is 0 Å². The van der Waals surface area contributed by atoms with Gasteiger partial charge in [0.25, 0.3) is 0 Å². The number of rotatable bonds is 2. The average molecular weight is 348 g/mol. The lowest BCUT2D eigenvalue weighted by Crippen LogP contribution is -2.25. The lowest BCUT2D eigenvalue weighted by atomic mass is 9.88. The number of hydrogen-bond acceptors (Lipinski definition) is 3. The van der Waals surface area contributed by atoms with Crippen molar-refractivity contribution in [1.29, 1.82) is 0 Å². The molecule has 0 spiro atoms. The fraction of sp³-hybridized carbons (Fsp3) is 0.267. The zero-order chi connectivity index (χ0) is 18.1. The first kappa shape index (κ1) is 17.9. The standard InChI is InChI=1S/C15H10F6N2O/c1-8-10(14(16,17)18)6-9(7-11(8)24)2-3-13-22-5-4-12(23-13)15(19,20)21/h2-8H,1H3/b3-2+. The van der Waals surface area contributed by atoms with Crippen LogP contribution in [-0.2, 0) is 11.0 Å². The molecule has 3 nitrogen and oxygen atoms in total. The van der Waals surface area contributed by atoms with Crippen LogP contribution in [0.4, 0.5) is 26.3 Å². The minimum atomic E-state index is -4.67. The van der Waals surface area contributed by atoms with Gasteiger partial charge in [-0.05, 0) is 29.9 Å². The molecule has 0 aliphatic heterocycles. The van der Waals surface area contributed by atoms with E-state index < -0.39 is 35.3 Å². The molecule has 1 aliphatic carbocycles. The molecule has 2 rings (SSSR count). The van der Waals surface area contributed by atoms with Crippen LogP contribution in [0.3, 0.4) is 0 Å². The number of hydrogen-bond donors (Lipinski definition) is 0. The van der Waals surface area contributed by atoms with Crippen LogP contribution < -0.4 is 0 Å². The molecular weight excluding hydrogens is 338 g/mol. The first-order valence-electron chi connectivity index (χ1n) is 6.61. The lowest BCUT2D eigenvalue weighted by Gasteiger charge is -2.20. The quantitative estimate of drug-likeness (QED) is 0.755. The molecule has 1 unspecified atom stereocenters. The average Bonchev–Trinajstić information content (AvgIpc) is 2.46. The van der Waals surface area contributed by atoms with Crippen molar-refractivity contribution in [2.24, 2.45) is 5.92 Å². The molecule has 0 radical (unpaired) electrons. The van der Waals surface area contributed by atoms with Crippen molar-refractivity contribution >= 4 is 11.9 Å². The number of aromatic nitrogens is 2. The van der Waals surface area contributed by atoms with E-state index >= 15 is 0 Å². The predicted octanol–water partition coefficient (Wildman–Crippen LogP) is 4.14. The van der Waals surface area contributed by atoms with Crippen LogP contribution in [-0.4, -0.2) is 21.9 Å². The lowest BCUT2D eigenvalue weighted by molar-refractivity contribution is -0.141. The minimum Gasteiger partial charge on any atom is -0.294 e. The van der Waals surface area contributed by atoms with Crippen LogP contribution in [0, 0.1) is 5.92 Å². The van der Waals surface area contributed by atoms with Gasteiger partial charge >= 0.3 is 12.4 Å². The summed E-state index contributed by atoms with van der Waals surface area (Å²) in [5, 5.41) is 0. The second-order valence-electron chi connectivity index (χ2n) is 5.00. The van der Waals surface area contributed by atoms with E-state index in [1.165, 1.54) is 0 Å². The summed E-state index contributed by atoms with van der Waals surface area (Å²) in [5.74, 6) is -2.40. The normalized spacial score (nSPS) is 19.5. The highest BCUT2D eigenvalue weighted by Gasteiger charge is 2.40. The zero-order valence-corrected chi connectivity index (χ0v) is 12.1. The molecule has 0 bridgehead atoms. The maximum atomic E-state index is 12.9. The number of halogens is 6. The highest BCUT2D eigenvalue weighted by atomic mass is 19.4. The first-order valence-corrected chi connectivity index (χ1v) is 6.61. The van der Waals surface area contributed by atoms with Crippen molar-refractivity contribution in [1.82, 2.24) is 9.97 Å². The van der Waals surface area contributed by atoms with Crippen molar-refractivity contribution in [2.75, 3.05) is 0 Å². The summed E-state index contributed by atoms with van der Waals surface area (Å²) in [6.07, 6.45) is -4.62. The summed E-state index contributed by atoms with van der Waals surface area (Å²) in [6, 6.07) is 0.671. The second-order valence-corrected chi connectivity index (χ2v) is 5.00. The van der Waals surface area contributed by atoms with Gasteiger partial charge in [-0.15, -0.1) is 0 Å². The molecule has 0 amide bonds. The number of ketones is 1. The van der Waals surface area contributed by atoms with E-state index in [1.807, 2.05) is 0 Å². The summed E-state index contributed by atoms with van der Waals surface area (Å²) in [7, 11) is 0. The summed E-state index contributed by atoms with van der Waals surface area (Å²) in [5.41, 5.74) is -2.28. The Bertz CT molecular complexity index is 743. The van der Waals surface area contributed by atoms with E-state index in [9.17, 15) is 31.1 Å². The predicted molar refractivity (Wildman–Crippen MR) is 72.5 cm³/mol. The van der Waals surface area contributed by atoms with E-state index in [2.05, 4.69) is 9.97 Å². The van der Waals surface area contributed by atoms with Gasteiger partial charge in [0.2, 0.25) is 0 Å². The Kier molecular flexibility index (Phi) is 4.63. The largest absolute Gasteiger partial charge is 0.433 e. The van der Waals surface area contributed by atoms with Gasteiger partial charge in [-0.25, -0.2) is 9.97 Å². The van der Waals surface area contributed by atoms with Crippen molar-refractivity contribution in [3.8, 4) is 0 Å². The summed E-state index contributed by atoms with van der Waals surface area (Å²) in [4.78, 5) is 18.5. The molecule has 128 valence electrons. The molecule has 1 aromatic rings. The Balaban J connectivity index is 2.31. The van der Waals surface area contributed by atoms with Crippen LogP contribution in [0.2, 0.25) is 0 Å².